The van der Waals surface area contributed by atoms with Crippen molar-refractivity contribution in [2.45, 2.75) is 11.4 Å². The van der Waals surface area contributed by atoms with Gasteiger partial charge in [-0.05, 0) is 30.3 Å². The number of para-hydroxylation sites is 1. The van der Waals surface area contributed by atoms with Gasteiger partial charge < -0.3 is 15.0 Å². The highest BCUT2D eigenvalue weighted by atomic mass is 79.9. The van der Waals surface area contributed by atoms with Crippen LogP contribution in [0, 0.1) is 0 Å². The summed E-state index contributed by atoms with van der Waals surface area (Å²) in [6.07, 6.45) is 1.11. The van der Waals surface area contributed by atoms with Gasteiger partial charge in [-0.1, -0.05) is 28.1 Å². The fraction of sp³-hybridized carbons (Fsp3) is 0.235. The van der Waals surface area contributed by atoms with Crippen molar-refractivity contribution in [1.29, 1.82) is 0 Å². The number of benzene rings is 2. The Morgan fingerprint density at radius 2 is 1.92 bits per heavy atom. The lowest BCUT2D eigenvalue weighted by atomic mass is 10.2. The van der Waals surface area contributed by atoms with Crippen LogP contribution in [0.1, 0.15) is 5.56 Å². The minimum atomic E-state index is -3.44. The molecule has 0 saturated heterocycles. The summed E-state index contributed by atoms with van der Waals surface area (Å²) in [5.41, 5.74) is 1.08. The zero-order valence-corrected chi connectivity index (χ0v) is 16.5. The predicted molar refractivity (Wildman–Crippen MR) is 101 cm³/mol. The van der Waals surface area contributed by atoms with Crippen molar-refractivity contribution >= 4 is 37.5 Å². The Hall–Kier alpha value is -2.06. The number of ether oxygens (including phenoxy) is 1. The van der Waals surface area contributed by atoms with E-state index in [0.717, 1.165) is 16.3 Å². The molecule has 0 bridgehead atoms. The first-order chi connectivity index (χ1) is 11.7. The number of rotatable bonds is 5. The van der Waals surface area contributed by atoms with Gasteiger partial charge in [-0.15, -0.1) is 0 Å². The van der Waals surface area contributed by atoms with Crippen molar-refractivity contribution in [3.8, 4) is 5.75 Å². The number of halogens is 1. The van der Waals surface area contributed by atoms with E-state index in [-0.39, 0.29) is 10.6 Å². The Morgan fingerprint density at radius 1 is 1.24 bits per heavy atom. The van der Waals surface area contributed by atoms with E-state index in [2.05, 4.69) is 21.2 Å². The normalized spacial score (nSPS) is 11.0. The lowest BCUT2D eigenvalue weighted by molar-refractivity contribution is 0.220. The Bertz CT molecular complexity index is 884. The summed E-state index contributed by atoms with van der Waals surface area (Å²) in [7, 11) is -0.251. The van der Waals surface area contributed by atoms with E-state index in [9.17, 15) is 13.2 Å². The van der Waals surface area contributed by atoms with Crippen molar-refractivity contribution in [2.75, 3.05) is 25.7 Å². The molecule has 0 aliphatic heterocycles. The van der Waals surface area contributed by atoms with Crippen LogP contribution >= 0.6 is 15.9 Å². The monoisotopic (exact) mass is 426 g/mol. The van der Waals surface area contributed by atoms with Gasteiger partial charge in [0.25, 0.3) is 0 Å². The summed E-state index contributed by atoms with van der Waals surface area (Å²) >= 11 is 3.40. The molecule has 8 heteroatoms. The third-order valence-corrected chi connectivity index (χ3v) is 5.17. The van der Waals surface area contributed by atoms with Crippen molar-refractivity contribution in [1.82, 2.24) is 4.90 Å². The van der Waals surface area contributed by atoms with Gasteiger partial charge in [-0.3, -0.25) is 0 Å². The third kappa shape index (κ3) is 4.96. The first-order valence-electron chi connectivity index (χ1n) is 7.36. The zero-order chi connectivity index (χ0) is 18.6. The molecule has 0 unspecified atom stereocenters. The number of urea groups is 1. The second-order valence-corrected chi connectivity index (χ2v) is 8.41. The minimum absolute atomic E-state index is 0.0804. The van der Waals surface area contributed by atoms with Gasteiger partial charge in [0.1, 0.15) is 5.75 Å². The summed E-state index contributed by atoms with van der Waals surface area (Å²) in [6.45, 7) is 0.301. The molecule has 1 N–H and O–H groups in total. The van der Waals surface area contributed by atoms with Gasteiger partial charge in [0.2, 0.25) is 0 Å². The molecule has 25 heavy (non-hydrogen) atoms. The van der Waals surface area contributed by atoms with Crippen LogP contribution in [0.4, 0.5) is 10.5 Å². The number of amides is 2. The fourth-order valence-corrected chi connectivity index (χ4v) is 3.55. The van der Waals surface area contributed by atoms with Crippen LogP contribution in [0.3, 0.4) is 0 Å². The first kappa shape index (κ1) is 19.3. The number of hydrogen-bond donors (Lipinski definition) is 1. The quantitative estimate of drug-likeness (QED) is 0.793. The van der Waals surface area contributed by atoms with Crippen molar-refractivity contribution < 1.29 is 17.9 Å². The molecule has 2 amide bonds. The van der Waals surface area contributed by atoms with Gasteiger partial charge in [-0.25, -0.2) is 13.2 Å². The largest absolute Gasteiger partial charge is 0.496 e. The van der Waals surface area contributed by atoms with E-state index >= 15 is 0 Å². The van der Waals surface area contributed by atoms with Crippen LogP contribution in [0.15, 0.2) is 51.8 Å². The molecule has 6 nitrogen and oxygen atoms in total. The highest BCUT2D eigenvalue weighted by Crippen LogP contribution is 2.25. The van der Waals surface area contributed by atoms with Crippen LogP contribution in [0.5, 0.6) is 5.75 Å². The zero-order valence-electron chi connectivity index (χ0n) is 14.1. The smallest absolute Gasteiger partial charge is 0.321 e. The number of carbonyl (C=O) groups excluding carboxylic acids is 1. The van der Waals surface area contributed by atoms with E-state index < -0.39 is 15.9 Å². The lowest BCUT2D eigenvalue weighted by Gasteiger charge is -2.20. The van der Waals surface area contributed by atoms with Crippen LogP contribution in [0.25, 0.3) is 0 Å². The van der Waals surface area contributed by atoms with Crippen molar-refractivity contribution in [2.24, 2.45) is 0 Å². The maximum absolute atomic E-state index is 12.4. The highest BCUT2D eigenvalue weighted by molar-refractivity contribution is 9.10. The second kappa shape index (κ2) is 7.88. The third-order valence-electron chi connectivity index (χ3n) is 3.52. The minimum Gasteiger partial charge on any atom is -0.496 e. The van der Waals surface area contributed by atoms with Gasteiger partial charge in [0.05, 0.1) is 24.2 Å². The number of nitrogens with zero attached hydrogens (tertiary/aromatic N) is 1. The first-order valence-corrected chi connectivity index (χ1v) is 10.0. The van der Waals surface area contributed by atoms with E-state index in [1.807, 2.05) is 18.2 Å². The molecule has 2 aromatic rings. The molecule has 2 aromatic carbocycles. The molecule has 0 aromatic heterocycles. The number of hydrogen-bond acceptors (Lipinski definition) is 4. The molecule has 0 fully saturated rings. The average Bonchev–Trinajstić information content (AvgIpc) is 2.54. The molecule has 0 saturated carbocycles. The van der Waals surface area contributed by atoms with E-state index in [4.69, 9.17) is 4.74 Å². The molecule has 2 rings (SSSR count). The Labute approximate surface area is 155 Å². The van der Waals surface area contributed by atoms with Gasteiger partial charge in [0, 0.05) is 23.3 Å². The second-order valence-electron chi connectivity index (χ2n) is 5.51. The Morgan fingerprint density at radius 3 is 2.56 bits per heavy atom. The molecule has 134 valence electrons. The lowest BCUT2D eigenvalue weighted by Crippen LogP contribution is -2.31. The van der Waals surface area contributed by atoms with E-state index in [0.29, 0.717) is 12.3 Å². The predicted octanol–water partition coefficient (Wildman–Crippen LogP) is 3.53. The SMILES string of the molecule is COc1ccc(Br)cc1CN(C)C(=O)Nc1ccccc1S(C)(=O)=O. The topological polar surface area (TPSA) is 75.7 Å². The van der Waals surface area contributed by atoms with Gasteiger partial charge in [0.15, 0.2) is 9.84 Å². The van der Waals surface area contributed by atoms with Gasteiger partial charge in [-0.2, -0.15) is 0 Å². The van der Waals surface area contributed by atoms with Crippen molar-refractivity contribution in [3.05, 3.63) is 52.5 Å². The molecular weight excluding hydrogens is 408 g/mol. The molecule has 0 atom stereocenters. The summed E-state index contributed by atoms with van der Waals surface area (Å²) in [4.78, 5) is 14.0. The number of methoxy groups -OCH3 is 1. The Balaban J connectivity index is 2.19. The van der Waals surface area contributed by atoms with Crippen LogP contribution < -0.4 is 10.1 Å². The average molecular weight is 427 g/mol. The Kier molecular flexibility index (Phi) is 6.07. The maximum Gasteiger partial charge on any atom is 0.321 e. The molecular formula is C17H19BrN2O4S. The fourth-order valence-electron chi connectivity index (χ4n) is 2.30. The van der Waals surface area contributed by atoms with E-state index in [1.54, 1.807) is 32.4 Å². The number of sulfone groups is 1. The van der Waals surface area contributed by atoms with E-state index in [1.165, 1.54) is 11.0 Å². The summed E-state index contributed by atoms with van der Waals surface area (Å²) in [6, 6.07) is 11.4. The van der Waals surface area contributed by atoms with Crippen LogP contribution in [-0.4, -0.2) is 39.8 Å². The summed E-state index contributed by atoms with van der Waals surface area (Å²) in [5.74, 6) is 0.666. The summed E-state index contributed by atoms with van der Waals surface area (Å²) in [5, 5.41) is 2.64. The number of anilines is 1. The number of nitrogens with one attached hydrogen (secondary N) is 1. The highest BCUT2D eigenvalue weighted by Gasteiger charge is 2.17. The summed E-state index contributed by atoms with van der Waals surface area (Å²) < 4.78 is 29.8. The maximum atomic E-state index is 12.4. The van der Waals surface area contributed by atoms with Crippen LogP contribution in [0.2, 0.25) is 0 Å². The van der Waals surface area contributed by atoms with Crippen LogP contribution in [-0.2, 0) is 16.4 Å². The molecule has 0 radical (unpaired) electrons. The molecule has 0 aliphatic rings. The molecule has 0 heterocycles. The molecule has 0 aliphatic carbocycles. The molecule has 0 spiro atoms. The number of carbonyl (C=O) groups is 1. The standard InChI is InChI=1S/C17H19BrN2O4S/c1-20(11-12-10-13(18)8-9-15(12)24-2)17(21)19-14-6-4-5-7-16(14)25(3,22)23/h4-10H,11H2,1-3H3,(H,19,21). The van der Waals surface area contributed by atoms with Gasteiger partial charge >= 0.3 is 6.03 Å². The van der Waals surface area contributed by atoms with Crippen molar-refractivity contribution in [3.63, 3.8) is 0 Å².